The zero-order valence-electron chi connectivity index (χ0n) is 28.1. The minimum Gasteiger partial charge on any atom is -0.497 e. The Kier molecular flexibility index (Phi) is 10.2. The average molecular weight is 622 g/mol. The Bertz CT molecular complexity index is 1290. The molecule has 1 aromatic carbocycles. The highest BCUT2D eigenvalue weighted by atomic mass is 16.5. The number of fused-ring (bicyclic) bond motifs is 1. The maximum atomic E-state index is 13.4. The van der Waals surface area contributed by atoms with Gasteiger partial charge in [0.05, 0.1) is 26.4 Å². The predicted molar refractivity (Wildman–Crippen MR) is 177 cm³/mol. The molecule has 3 aliphatic carbocycles. The predicted octanol–water partition coefficient (Wildman–Crippen LogP) is 6.16. The monoisotopic (exact) mass is 621 g/mol. The molecule has 1 aliphatic heterocycles. The minimum absolute atomic E-state index is 0.0310. The molecule has 1 amide bonds. The van der Waals surface area contributed by atoms with E-state index in [1.807, 2.05) is 23.1 Å². The fourth-order valence-corrected chi connectivity index (χ4v) is 9.36. The summed E-state index contributed by atoms with van der Waals surface area (Å²) in [5.41, 5.74) is 3.19. The van der Waals surface area contributed by atoms with Crippen molar-refractivity contribution in [3.8, 4) is 11.5 Å². The average Bonchev–Trinajstić information content (AvgIpc) is 3.46. The van der Waals surface area contributed by atoms with Crippen LogP contribution in [0.1, 0.15) is 90.5 Å². The van der Waals surface area contributed by atoms with E-state index in [4.69, 9.17) is 9.47 Å². The van der Waals surface area contributed by atoms with E-state index in [9.17, 15) is 20.1 Å². The van der Waals surface area contributed by atoms with E-state index in [2.05, 4.69) is 32.6 Å². The van der Waals surface area contributed by atoms with Crippen molar-refractivity contribution in [2.45, 2.75) is 115 Å². The van der Waals surface area contributed by atoms with Crippen LogP contribution in [0.15, 0.2) is 53.6 Å². The van der Waals surface area contributed by atoms with Crippen molar-refractivity contribution in [1.82, 2.24) is 4.90 Å². The van der Waals surface area contributed by atoms with E-state index in [0.717, 1.165) is 60.3 Å². The van der Waals surface area contributed by atoms with Crippen molar-refractivity contribution < 1.29 is 29.6 Å². The molecule has 4 aliphatic rings. The molecule has 0 unspecified atom stereocenters. The first-order valence-electron chi connectivity index (χ1n) is 17.1. The molecule has 1 aromatic rings. The third-order valence-electron chi connectivity index (χ3n) is 11.7. The lowest BCUT2D eigenvalue weighted by atomic mass is 9.60. The van der Waals surface area contributed by atoms with E-state index in [0.29, 0.717) is 43.6 Å². The third kappa shape index (κ3) is 7.06. The molecule has 3 N–H and O–H groups in total. The fraction of sp³-hybridized carbons (Fsp3) is 0.658. The van der Waals surface area contributed by atoms with Gasteiger partial charge in [0.25, 0.3) is 5.91 Å². The van der Waals surface area contributed by atoms with Crippen molar-refractivity contribution in [1.29, 1.82) is 0 Å². The van der Waals surface area contributed by atoms with E-state index in [-0.39, 0.29) is 17.4 Å². The molecule has 4 fully saturated rings. The van der Waals surface area contributed by atoms with E-state index >= 15 is 0 Å². The second kappa shape index (κ2) is 13.6. The summed E-state index contributed by atoms with van der Waals surface area (Å²) in [7, 11) is 3.30. The highest BCUT2D eigenvalue weighted by Crippen LogP contribution is 2.60. The second-order valence-corrected chi connectivity index (χ2v) is 14.8. The number of carbonyl (C=O) groups is 1. The fourth-order valence-electron chi connectivity index (χ4n) is 9.36. The first kappa shape index (κ1) is 33.7. The number of aliphatic hydroxyl groups excluding tert-OH is 2. The standard InChI is InChI=1S/C38H55NO6/c1-24(17-29-23-38(4,43)36(42)39(29)16-8-9-26-18-31(44-5)22-32(19-26)45-6)33-13-14-34-27(10-7-15-37(33,34)3)11-12-28-20-30(40)21-35(41)25(28)2/h11-12,18-19,22,24,29-30,33-35,40-41,43H,2,7-10,13-17,20-21,23H2,1,3-6H3/b27-11+,28-12-/t24-,29-,30-,33-,34+,35+,37-,38+/m1/s1. The van der Waals surface area contributed by atoms with Gasteiger partial charge in [0.2, 0.25) is 0 Å². The Morgan fingerprint density at radius 2 is 1.82 bits per heavy atom. The summed E-state index contributed by atoms with van der Waals surface area (Å²) in [6.07, 6.45) is 12.9. The quantitative estimate of drug-likeness (QED) is 0.290. The molecule has 1 saturated heterocycles. The Morgan fingerprint density at radius 3 is 2.51 bits per heavy atom. The molecule has 0 aromatic heterocycles. The van der Waals surface area contributed by atoms with Crippen LogP contribution in [0.3, 0.4) is 0 Å². The van der Waals surface area contributed by atoms with Crippen LogP contribution < -0.4 is 9.47 Å². The summed E-state index contributed by atoms with van der Waals surface area (Å²) in [4.78, 5) is 15.3. The number of rotatable bonds is 10. The van der Waals surface area contributed by atoms with Crippen LogP contribution in [0, 0.1) is 23.2 Å². The molecule has 0 bridgehead atoms. The molecule has 0 radical (unpaired) electrons. The zero-order chi connectivity index (χ0) is 32.5. The number of amides is 1. The summed E-state index contributed by atoms with van der Waals surface area (Å²) in [6.45, 7) is 11.2. The number of hydrogen-bond acceptors (Lipinski definition) is 6. The van der Waals surface area contributed by atoms with Crippen LogP contribution in [-0.2, 0) is 11.2 Å². The van der Waals surface area contributed by atoms with Crippen molar-refractivity contribution in [2.24, 2.45) is 23.2 Å². The van der Waals surface area contributed by atoms with Crippen LogP contribution in [0.4, 0.5) is 0 Å². The van der Waals surface area contributed by atoms with Gasteiger partial charge in [-0.15, -0.1) is 0 Å². The van der Waals surface area contributed by atoms with Crippen LogP contribution in [0.25, 0.3) is 0 Å². The SMILES string of the molecule is C=C1/C(=C\C=C2/CCC[C@]3(C)[C@@H]([C@H](C)C[C@@H]4C[C@](C)(O)C(=O)N4CCCc4cc(OC)cc(OC)c4)CC[C@@H]23)C[C@@H](O)C[C@@H]1O. The molecule has 5 rings (SSSR count). The van der Waals surface area contributed by atoms with Crippen LogP contribution in [0.5, 0.6) is 11.5 Å². The normalized spacial score (nSPS) is 36.1. The van der Waals surface area contributed by atoms with E-state index < -0.39 is 17.8 Å². The Hall–Kier alpha value is -2.61. The minimum atomic E-state index is -1.32. The largest absolute Gasteiger partial charge is 0.497 e. The van der Waals surface area contributed by atoms with Crippen LogP contribution >= 0.6 is 0 Å². The lowest BCUT2D eigenvalue weighted by Gasteiger charge is -2.45. The van der Waals surface area contributed by atoms with Crippen molar-refractivity contribution in [3.63, 3.8) is 0 Å². The Balaban J connectivity index is 1.25. The first-order chi connectivity index (χ1) is 21.4. The van der Waals surface area contributed by atoms with Gasteiger partial charge in [-0.1, -0.05) is 38.2 Å². The number of methoxy groups -OCH3 is 2. The number of likely N-dealkylation sites (tertiary alicyclic amines) is 1. The summed E-state index contributed by atoms with van der Waals surface area (Å²) in [5.74, 6) is 2.88. The number of benzene rings is 1. The van der Waals surface area contributed by atoms with Crippen LogP contribution in [-0.4, -0.2) is 70.7 Å². The maximum absolute atomic E-state index is 13.4. The van der Waals surface area contributed by atoms with E-state index in [1.54, 1.807) is 21.1 Å². The van der Waals surface area contributed by atoms with Crippen molar-refractivity contribution >= 4 is 5.91 Å². The molecule has 1 heterocycles. The summed E-state index contributed by atoms with van der Waals surface area (Å²) in [5, 5.41) is 31.5. The number of carbonyl (C=O) groups excluding carboxylic acids is 1. The molecular formula is C38H55NO6. The first-order valence-corrected chi connectivity index (χ1v) is 17.1. The second-order valence-electron chi connectivity index (χ2n) is 14.8. The summed E-state index contributed by atoms with van der Waals surface area (Å²) < 4.78 is 10.9. The number of allylic oxidation sites excluding steroid dienone is 3. The number of hydrogen-bond donors (Lipinski definition) is 3. The van der Waals surface area contributed by atoms with Crippen molar-refractivity contribution in [3.05, 3.63) is 59.2 Å². The molecule has 45 heavy (non-hydrogen) atoms. The molecule has 7 heteroatoms. The highest BCUT2D eigenvalue weighted by Gasteiger charge is 2.53. The number of aryl methyl sites for hydroxylation is 1. The van der Waals surface area contributed by atoms with Gasteiger partial charge in [-0.05, 0) is 117 Å². The van der Waals surface area contributed by atoms with Gasteiger partial charge < -0.3 is 29.7 Å². The van der Waals surface area contributed by atoms with Gasteiger partial charge in [0.1, 0.15) is 17.1 Å². The molecule has 248 valence electrons. The molecular weight excluding hydrogens is 566 g/mol. The topological polar surface area (TPSA) is 99.5 Å². The number of ether oxygens (including phenoxy) is 2. The van der Waals surface area contributed by atoms with Crippen LogP contribution in [0.2, 0.25) is 0 Å². The smallest absolute Gasteiger partial charge is 0.254 e. The van der Waals surface area contributed by atoms with Gasteiger partial charge in [-0.25, -0.2) is 0 Å². The highest BCUT2D eigenvalue weighted by molar-refractivity contribution is 5.87. The molecule has 7 nitrogen and oxygen atoms in total. The lowest BCUT2D eigenvalue weighted by Crippen LogP contribution is -2.41. The number of aliphatic hydroxyl groups is 3. The van der Waals surface area contributed by atoms with Crippen molar-refractivity contribution in [2.75, 3.05) is 20.8 Å². The van der Waals surface area contributed by atoms with Gasteiger partial charge in [-0.3, -0.25) is 4.79 Å². The van der Waals surface area contributed by atoms with Gasteiger partial charge in [0.15, 0.2) is 0 Å². The Labute approximate surface area is 270 Å². The molecule has 3 saturated carbocycles. The summed E-state index contributed by atoms with van der Waals surface area (Å²) in [6, 6.07) is 5.93. The summed E-state index contributed by atoms with van der Waals surface area (Å²) >= 11 is 0. The van der Waals surface area contributed by atoms with Gasteiger partial charge in [-0.2, -0.15) is 0 Å². The molecule has 8 atom stereocenters. The molecule has 0 spiro atoms. The maximum Gasteiger partial charge on any atom is 0.254 e. The van der Waals surface area contributed by atoms with Gasteiger partial charge in [0, 0.05) is 31.5 Å². The lowest BCUT2D eigenvalue weighted by molar-refractivity contribution is -0.142. The number of nitrogens with zero attached hydrogens (tertiary/aromatic N) is 1. The third-order valence-corrected chi connectivity index (χ3v) is 11.7. The van der Waals surface area contributed by atoms with E-state index in [1.165, 1.54) is 24.8 Å². The Morgan fingerprint density at radius 1 is 1.11 bits per heavy atom. The zero-order valence-corrected chi connectivity index (χ0v) is 28.1. The van der Waals surface area contributed by atoms with Gasteiger partial charge >= 0.3 is 0 Å².